The van der Waals surface area contributed by atoms with Gasteiger partial charge in [-0.05, 0) is 31.6 Å². The maximum Gasteiger partial charge on any atom is 0.0493 e. The summed E-state index contributed by atoms with van der Waals surface area (Å²) in [6.45, 7) is 0.405. The molecule has 62 valence electrons. The third kappa shape index (κ3) is 1.02. The van der Waals surface area contributed by atoms with Gasteiger partial charge in [0.15, 0.2) is 0 Å². The molecular formula is C10H16O. The fraction of sp³-hybridized carbons (Fsp3) is 0.800. The average molecular weight is 152 g/mol. The van der Waals surface area contributed by atoms with E-state index in [2.05, 4.69) is 12.2 Å². The molecule has 0 bridgehead atoms. The monoisotopic (exact) mass is 152 g/mol. The lowest BCUT2D eigenvalue weighted by molar-refractivity contribution is 0.0887. The Morgan fingerprint density at radius 1 is 1.45 bits per heavy atom. The van der Waals surface area contributed by atoms with Gasteiger partial charge in [0.05, 0.1) is 0 Å². The van der Waals surface area contributed by atoms with Crippen molar-refractivity contribution in [3.05, 3.63) is 12.2 Å². The molecule has 0 saturated heterocycles. The quantitative estimate of drug-likeness (QED) is 0.570. The zero-order chi connectivity index (χ0) is 7.73. The molecule has 1 nitrogen and oxygen atoms in total. The summed E-state index contributed by atoms with van der Waals surface area (Å²) in [7, 11) is 0. The van der Waals surface area contributed by atoms with Gasteiger partial charge in [0.25, 0.3) is 0 Å². The van der Waals surface area contributed by atoms with E-state index in [0.717, 1.165) is 0 Å². The van der Waals surface area contributed by atoms with Crippen LogP contribution in [0, 0.1) is 11.3 Å². The predicted octanol–water partition coefficient (Wildman–Crippen LogP) is 2.12. The number of allylic oxidation sites excluding steroid dienone is 2. The van der Waals surface area contributed by atoms with Gasteiger partial charge in [-0.3, -0.25) is 0 Å². The van der Waals surface area contributed by atoms with Crippen molar-refractivity contribution in [3.63, 3.8) is 0 Å². The summed E-state index contributed by atoms with van der Waals surface area (Å²) < 4.78 is 0. The van der Waals surface area contributed by atoms with Crippen molar-refractivity contribution in [2.75, 3.05) is 6.61 Å². The Morgan fingerprint density at radius 2 is 2.36 bits per heavy atom. The SMILES string of the molecule is OC[C@@]12CCC=C[C@@H]1CCC2. The number of hydrogen-bond acceptors (Lipinski definition) is 1. The molecule has 0 amide bonds. The van der Waals surface area contributed by atoms with Crippen LogP contribution >= 0.6 is 0 Å². The molecule has 1 saturated carbocycles. The molecule has 0 radical (unpaired) electrons. The first-order valence-electron chi connectivity index (χ1n) is 4.65. The lowest BCUT2D eigenvalue weighted by Crippen LogP contribution is -2.30. The molecule has 1 fully saturated rings. The minimum absolute atomic E-state index is 0.300. The third-order valence-electron chi connectivity index (χ3n) is 3.47. The van der Waals surface area contributed by atoms with Crippen molar-refractivity contribution in [1.82, 2.24) is 0 Å². The van der Waals surface area contributed by atoms with E-state index in [4.69, 9.17) is 0 Å². The Kier molecular flexibility index (Phi) is 1.76. The smallest absolute Gasteiger partial charge is 0.0493 e. The molecule has 1 heteroatoms. The molecule has 0 unspecified atom stereocenters. The molecular weight excluding hydrogens is 136 g/mol. The van der Waals surface area contributed by atoms with Gasteiger partial charge in [-0.25, -0.2) is 0 Å². The Labute approximate surface area is 68.1 Å². The molecule has 2 atom stereocenters. The highest BCUT2D eigenvalue weighted by atomic mass is 16.3. The lowest BCUT2D eigenvalue weighted by Gasteiger charge is -2.34. The molecule has 0 aliphatic heterocycles. The van der Waals surface area contributed by atoms with Crippen LogP contribution in [-0.4, -0.2) is 11.7 Å². The Bertz CT molecular complexity index is 174. The van der Waals surface area contributed by atoms with Crippen LogP contribution in [0.4, 0.5) is 0 Å². The predicted molar refractivity (Wildman–Crippen MR) is 45.2 cm³/mol. The average Bonchev–Trinajstić information content (AvgIpc) is 2.48. The van der Waals surface area contributed by atoms with E-state index in [1.54, 1.807) is 0 Å². The third-order valence-corrected chi connectivity index (χ3v) is 3.47. The van der Waals surface area contributed by atoms with Crippen LogP contribution in [0.1, 0.15) is 32.1 Å². The largest absolute Gasteiger partial charge is 0.396 e. The lowest BCUT2D eigenvalue weighted by atomic mass is 9.72. The summed E-state index contributed by atoms with van der Waals surface area (Å²) in [5.74, 6) is 0.696. The van der Waals surface area contributed by atoms with Crippen LogP contribution in [0.2, 0.25) is 0 Å². The van der Waals surface area contributed by atoms with Gasteiger partial charge in [0.2, 0.25) is 0 Å². The molecule has 0 aromatic heterocycles. The highest BCUT2D eigenvalue weighted by Gasteiger charge is 2.41. The molecule has 11 heavy (non-hydrogen) atoms. The van der Waals surface area contributed by atoms with Crippen LogP contribution < -0.4 is 0 Å². The number of fused-ring (bicyclic) bond motifs is 1. The van der Waals surface area contributed by atoms with Crippen molar-refractivity contribution in [2.45, 2.75) is 32.1 Å². The van der Waals surface area contributed by atoms with Crippen LogP contribution in [0.3, 0.4) is 0 Å². The van der Waals surface area contributed by atoms with Gasteiger partial charge in [0.1, 0.15) is 0 Å². The van der Waals surface area contributed by atoms with Crippen molar-refractivity contribution >= 4 is 0 Å². The second kappa shape index (κ2) is 2.63. The standard InChI is InChI=1S/C10H16O/c11-8-10-6-2-1-4-9(10)5-3-7-10/h1,4,9,11H,2-3,5-8H2/t9-,10+/m1/s1. The van der Waals surface area contributed by atoms with Crippen molar-refractivity contribution in [3.8, 4) is 0 Å². The highest BCUT2D eigenvalue weighted by Crippen LogP contribution is 2.49. The summed E-state index contributed by atoms with van der Waals surface area (Å²) in [5, 5.41) is 9.32. The fourth-order valence-electron chi connectivity index (χ4n) is 2.68. The van der Waals surface area contributed by atoms with Crippen molar-refractivity contribution < 1.29 is 5.11 Å². The van der Waals surface area contributed by atoms with Gasteiger partial charge in [-0.15, -0.1) is 0 Å². The van der Waals surface area contributed by atoms with Crippen LogP contribution in [-0.2, 0) is 0 Å². The maximum absolute atomic E-state index is 9.32. The maximum atomic E-state index is 9.32. The van der Waals surface area contributed by atoms with Gasteiger partial charge in [-0.2, -0.15) is 0 Å². The van der Waals surface area contributed by atoms with Crippen LogP contribution in [0.25, 0.3) is 0 Å². The summed E-state index contributed by atoms with van der Waals surface area (Å²) >= 11 is 0. The molecule has 0 heterocycles. The minimum atomic E-state index is 0.300. The van der Waals surface area contributed by atoms with E-state index >= 15 is 0 Å². The fourth-order valence-corrected chi connectivity index (χ4v) is 2.68. The van der Waals surface area contributed by atoms with Gasteiger partial charge < -0.3 is 5.11 Å². The van der Waals surface area contributed by atoms with Crippen LogP contribution in [0.5, 0.6) is 0 Å². The van der Waals surface area contributed by atoms with Gasteiger partial charge >= 0.3 is 0 Å². The van der Waals surface area contributed by atoms with E-state index < -0.39 is 0 Å². The first kappa shape index (κ1) is 7.35. The summed E-state index contributed by atoms with van der Waals surface area (Å²) in [6.07, 6.45) is 10.9. The number of hydrogen-bond donors (Lipinski definition) is 1. The van der Waals surface area contributed by atoms with Gasteiger partial charge in [-0.1, -0.05) is 18.6 Å². The first-order chi connectivity index (χ1) is 5.37. The number of aliphatic hydroxyl groups is 1. The molecule has 0 aromatic rings. The Morgan fingerprint density at radius 3 is 3.09 bits per heavy atom. The van der Waals surface area contributed by atoms with Gasteiger partial charge in [0, 0.05) is 12.0 Å². The van der Waals surface area contributed by atoms with E-state index in [9.17, 15) is 5.11 Å². The second-order valence-corrected chi connectivity index (χ2v) is 3.99. The van der Waals surface area contributed by atoms with Crippen molar-refractivity contribution in [1.29, 1.82) is 0 Å². The van der Waals surface area contributed by atoms with E-state index in [1.165, 1.54) is 32.1 Å². The van der Waals surface area contributed by atoms with Crippen LogP contribution in [0.15, 0.2) is 12.2 Å². The molecule has 0 spiro atoms. The highest BCUT2D eigenvalue weighted by molar-refractivity contribution is 5.07. The Hall–Kier alpha value is -0.300. The second-order valence-electron chi connectivity index (χ2n) is 3.99. The first-order valence-corrected chi connectivity index (χ1v) is 4.65. The Balaban J connectivity index is 2.21. The number of rotatable bonds is 1. The molecule has 1 N–H and O–H groups in total. The zero-order valence-corrected chi connectivity index (χ0v) is 6.92. The van der Waals surface area contributed by atoms with E-state index in [-0.39, 0.29) is 0 Å². The molecule has 2 rings (SSSR count). The zero-order valence-electron chi connectivity index (χ0n) is 6.92. The molecule has 2 aliphatic carbocycles. The van der Waals surface area contributed by atoms with Crippen molar-refractivity contribution in [2.24, 2.45) is 11.3 Å². The summed E-state index contributed by atoms with van der Waals surface area (Å²) in [4.78, 5) is 0. The normalized spacial score (nSPS) is 42.5. The van der Waals surface area contributed by atoms with E-state index in [0.29, 0.717) is 17.9 Å². The summed E-state index contributed by atoms with van der Waals surface area (Å²) in [5.41, 5.74) is 0.300. The molecule has 2 aliphatic rings. The summed E-state index contributed by atoms with van der Waals surface area (Å²) in [6, 6.07) is 0. The minimum Gasteiger partial charge on any atom is -0.396 e. The number of aliphatic hydroxyl groups excluding tert-OH is 1. The topological polar surface area (TPSA) is 20.2 Å². The molecule has 0 aromatic carbocycles. The van der Waals surface area contributed by atoms with E-state index in [1.807, 2.05) is 0 Å².